The largest absolute Gasteiger partial charge is 0.480 e. The number of nitrogens with one attached hydrogen (secondary N) is 1. The second-order valence-corrected chi connectivity index (χ2v) is 12.0. The summed E-state index contributed by atoms with van der Waals surface area (Å²) >= 11 is 1.26. The zero-order valence-electron chi connectivity index (χ0n) is 19.8. The van der Waals surface area contributed by atoms with Crippen LogP contribution in [0.15, 0.2) is 34.4 Å². The van der Waals surface area contributed by atoms with E-state index < -0.39 is 34.5 Å². The average Bonchev–Trinajstić information content (AvgIpc) is 3.51. The summed E-state index contributed by atoms with van der Waals surface area (Å²) in [6.07, 6.45) is 0.718. The maximum Gasteiger partial charge on any atom is 0.327 e. The third kappa shape index (κ3) is 4.54. The van der Waals surface area contributed by atoms with Crippen LogP contribution in [-0.2, 0) is 27.8 Å². The molecular weight excluding hydrogens is 522 g/mol. The number of hydrogen-bond donors (Lipinski definition) is 4. The van der Waals surface area contributed by atoms with Crippen molar-refractivity contribution in [3.8, 4) is 0 Å². The van der Waals surface area contributed by atoms with Crippen molar-refractivity contribution < 1.29 is 28.3 Å². The van der Waals surface area contributed by atoms with Gasteiger partial charge in [0.1, 0.15) is 11.1 Å². The molecule has 5 N–H and O–H groups in total. The number of nitrogens with two attached hydrogens (primary N) is 1. The molecule has 0 saturated carbocycles. The predicted molar refractivity (Wildman–Crippen MR) is 134 cm³/mol. The number of H-pyrrole nitrogens is 1. The van der Waals surface area contributed by atoms with Gasteiger partial charge >= 0.3 is 5.97 Å². The Morgan fingerprint density at radius 1 is 1.24 bits per heavy atom. The van der Waals surface area contributed by atoms with Gasteiger partial charge in [-0.1, -0.05) is 5.16 Å². The Morgan fingerprint density at radius 2 is 2.03 bits per heavy atom. The molecule has 1 unspecified atom stereocenters. The number of benzene rings is 1. The molecule has 1 aromatic carbocycles. The maximum absolute atomic E-state index is 13.4. The Labute approximate surface area is 215 Å². The SMILES string of the molecule is CN1CCc2nc(C(=O)N3CCN(S(=O)(=O)c4cc5cc(C(N)=NO)ccc5[nH]4)CC3C(=O)O)sc2C1. The van der Waals surface area contributed by atoms with E-state index in [4.69, 9.17) is 10.9 Å². The number of likely N-dealkylation sites (N-methyl/N-ethyl adjacent to an activating group) is 1. The molecule has 2 aliphatic rings. The summed E-state index contributed by atoms with van der Waals surface area (Å²) in [5, 5.41) is 22.3. The van der Waals surface area contributed by atoms with Gasteiger partial charge in [0.2, 0.25) is 0 Å². The third-order valence-electron chi connectivity index (χ3n) is 6.61. The predicted octanol–water partition coefficient (Wildman–Crippen LogP) is 0.307. The molecule has 15 heteroatoms. The number of carboxylic acids is 1. The van der Waals surface area contributed by atoms with Gasteiger partial charge in [0, 0.05) is 60.5 Å². The Kier molecular flexibility index (Phi) is 6.39. The van der Waals surface area contributed by atoms with E-state index in [1.165, 1.54) is 22.3 Å². The maximum atomic E-state index is 13.4. The van der Waals surface area contributed by atoms with Crippen molar-refractivity contribution in [2.45, 2.75) is 24.0 Å². The number of aliphatic carboxylic acids is 1. The molecule has 0 spiro atoms. The summed E-state index contributed by atoms with van der Waals surface area (Å²) in [5.74, 6) is -1.92. The van der Waals surface area contributed by atoms with Gasteiger partial charge in [-0.25, -0.2) is 18.2 Å². The summed E-state index contributed by atoms with van der Waals surface area (Å²) in [7, 11) is -2.12. The van der Waals surface area contributed by atoms with Gasteiger partial charge in [0.15, 0.2) is 10.8 Å². The minimum Gasteiger partial charge on any atom is -0.480 e. The second-order valence-electron chi connectivity index (χ2n) is 9.01. The molecule has 37 heavy (non-hydrogen) atoms. The van der Waals surface area contributed by atoms with Gasteiger partial charge in [-0.15, -0.1) is 11.3 Å². The van der Waals surface area contributed by atoms with E-state index in [0.29, 0.717) is 23.0 Å². The molecular formula is C22H25N7O6S2. The van der Waals surface area contributed by atoms with Crippen LogP contribution in [0.3, 0.4) is 0 Å². The van der Waals surface area contributed by atoms with E-state index in [0.717, 1.165) is 27.8 Å². The lowest BCUT2D eigenvalue weighted by Gasteiger charge is -2.37. The van der Waals surface area contributed by atoms with Crippen molar-refractivity contribution >= 4 is 50.0 Å². The Bertz CT molecular complexity index is 1530. The van der Waals surface area contributed by atoms with Gasteiger partial charge in [0.25, 0.3) is 15.9 Å². The lowest BCUT2D eigenvalue weighted by molar-refractivity contribution is -0.143. The number of fused-ring (bicyclic) bond motifs is 2. The van der Waals surface area contributed by atoms with Crippen LogP contribution in [0.2, 0.25) is 0 Å². The highest BCUT2D eigenvalue weighted by Gasteiger charge is 2.41. The summed E-state index contributed by atoms with van der Waals surface area (Å²) in [6, 6.07) is 4.79. The van der Waals surface area contributed by atoms with Crippen LogP contribution in [0.25, 0.3) is 10.9 Å². The molecule has 0 bridgehead atoms. The number of carbonyl (C=O) groups excluding carboxylic acids is 1. The molecule has 2 aliphatic heterocycles. The number of amides is 1. The number of rotatable bonds is 5. The highest BCUT2D eigenvalue weighted by molar-refractivity contribution is 7.89. The summed E-state index contributed by atoms with van der Waals surface area (Å²) in [5.41, 5.74) is 7.40. The van der Waals surface area contributed by atoms with Crippen LogP contribution in [0, 0.1) is 0 Å². The van der Waals surface area contributed by atoms with Crippen molar-refractivity contribution in [2.24, 2.45) is 10.9 Å². The number of aromatic nitrogens is 2. The van der Waals surface area contributed by atoms with Crippen LogP contribution in [-0.4, -0.2) is 99.8 Å². The number of piperazine rings is 1. The molecule has 1 fully saturated rings. The fourth-order valence-electron chi connectivity index (χ4n) is 4.57. The first kappa shape index (κ1) is 25.1. The molecule has 13 nitrogen and oxygen atoms in total. The molecule has 196 valence electrons. The van der Waals surface area contributed by atoms with Gasteiger partial charge in [0.05, 0.1) is 5.69 Å². The minimum absolute atomic E-state index is 0.0730. The molecule has 1 saturated heterocycles. The average molecular weight is 548 g/mol. The number of carbonyl (C=O) groups is 2. The Balaban J connectivity index is 1.38. The molecule has 3 aromatic rings. The lowest BCUT2D eigenvalue weighted by Crippen LogP contribution is -2.59. The molecule has 0 radical (unpaired) electrons. The van der Waals surface area contributed by atoms with E-state index in [-0.39, 0.29) is 29.0 Å². The number of nitrogens with zero attached hydrogens (tertiary/aromatic N) is 5. The van der Waals surface area contributed by atoms with E-state index in [1.807, 2.05) is 7.05 Å². The first-order chi connectivity index (χ1) is 17.6. The first-order valence-electron chi connectivity index (χ1n) is 11.4. The van der Waals surface area contributed by atoms with Crippen LogP contribution in [0.4, 0.5) is 0 Å². The lowest BCUT2D eigenvalue weighted by atomic mass is 10.1. The van der Waals surface area contributed by atoms with Crippen LogP contribution in [0.1, 0.15) is 25.9 Å². The first-order valence-corrected chi connectivity index (χ1v) is 13.7. The normalized spacial score (nSPS) is 19.8. The van der Waals surface area contributed by atoms with Gasteiger partial charge < -0.3 is 30.8 Å². The van der Waals surface area contributed by atoms with E-state index in [2.05, 4.69) is 20.0 Å². The number of aromatic amines is 1. The smallest absolute Gasteiger partial charge is 0.327 e. The highest BCUT2D eigenvalue weighted by Crippen LogP contribution is 2.28. The van der Waals surface area contributed by atoms with Gasteiger partial charge in [-0.2, -0.15) is 4.31 Å². The van der Waals surface area contributed by atoms with Crippen LogP contribution in [0.5, 0.6) is 0 Å². The zero-order valence-corrected chi connectivity index (χ0v) is 21.4. The monoisotopic (exact) mass is 547 g/mol. The third-order valence-corrected chi connectivity index (χ3v) is 9.47. The molecule has 5 rings (SSSR count). The summed E-state index contributed by atoms with van der Waals surface area (Å²) in [6.45, 7) is 0.946. The number of oxime groups is 1. The Morgan fingerprint density at radius 3 is 2.76 bits per heavy atom. The molecule has 1 amide bonds. The van der Waals surface area contributed by atoms with E-state index in [9.17, 15) is 23.1 Å². The van der Waals surface area contributed by atoms with Crippen molar-refractivity contribution in [2.75, 3.05) is 33.2 Å². The summed E-state index contributed by atoms with van der Waals surface area (Å²) in [4.78, 5) is 37.0. The van der Waals surface area contributed by atoms with Gasteiger partial charge in [-0.05, 0) is 31.3 Å². The minimum atomic E-state index is -4.10. The number of thiazole rings is 1. The molecule has 4 heterocycles. The fraction of sp³-hybridized carbons (Fsp3) is 0.364. The summed E-state index contributed by atoms with van der Waals surface area (Å²) < 4.78 is 27.9. The number of sulfonamides is 1. The van der Waals surface area contributed by atoms with Crippen molar-refractivity contribution in [3.05, 3.63) is 45.4 Å². The zero-order chi connectivity index (χ0) is 26.5. The van der Waals surface area contributed by atoms with Crippen LogP contribution < -0.4 is 5.73 Å². The molecule has 1 atom stereocenters. The number of carboxylic acid groups (broad SMARTS) is 1. The standard InChI is InChI=1S/C22H25N7O6S2/c1-27-5-4-15-17(11-27)36-20(25-15)21(30)29-7-6-28(10-16(29)22(31)32)37(34,35)18-9-13-8-12(19(23)26-33)2-3-14(13)24-18/h2-3,8-9,16,24,33H,4-7,10-11H2,1H3,(H2,23,26)(H,31,32). The van der Waals surface area contributed by atoms with Crippen molar-refractivity contribution in [3.63, 3.8) is 0 Å². The van der Waals surface area contributed by atoms with E-state index in [1.54, 1.807) is 18.2 Å². The number of hydrogen-bond acceptors (Lipinski definition) is 9. The topological polar surface area (TPSA) is 186 Å². The van der Waals surface area contributed by atoms with Gasteiger partial charge in [-0.3, -0.25) is 4.79 Å². The van der Waals surface area contributed by atoms with Crippen molar-refractivity contribution in [1.82, 2.24) is 24.1 Å². The van der Waals surface area contributed by atoms with Crippen molar-refractivity contribution in [1.29, 1.82) is 0 Å². The quantitative estimate of drug-likeness (QED) is 0.151. The van der Waals surface area contributed by atoms with Crippen LogP contribution >= 0.6 is 11.3 Å². The van der Waals surface area contributed by atoms with E-state index >= 15 is 0 Å². The number of amidine groups is 1. The second kappa shape index (κ2) is 9.41. The highest BCUT2D eigenvalue weighted by atomic mass is 32.2. The molecule has 0 aliphatic carbocycles. The Hall–Kier alpha value is -3.53. The fourth-order valence-corrected chi connectivity index (χ4v) is 7.17. The molecule has 2 aromatic heterocycles.